The molecule has 0 amide bonds. The standard InChI is InChI=1S/C43H27N5O/c1-3-11-30(12-4-1)41-46-42(31-13-5-2-6-14-31)48-43(47-41)36-26-33(25-35-34-15-7-8-17-39(34)49-40(35)36)29-20-18-28(19-21-29)32-22-23-38(45-27-32)37-16-9-10-24-44-37/h1-27H. The summed E-state index contributed by atoms with van der Waals surface area (Å²) in [6.45, 7) is 0. The van der Waals surface area contributed by atoms with Crippen molar-refractivity contribution in [3.63, 3.8) is 0 Å². The first-order valence-electron chi connectivity index (χ1n) is 16.1. The maximum Gasteiger partial charge on any atom is 0.167 e. The van der Waals surface area contributed by atoms with Gasteiger partial charge in [-0.15, -0.1) is 0 Å². The summed E-state index contributed by atoms with van der Waals surface area (Å²) in [4.78, 5) is 24.1. The molecule has 5 aromatic carbocycles. The average Bonchev–Trinajstić information content (AvgIpc) is 3.57. The summed E-state index contributed by atoms with van der Waals surface area (Å²) in [7, 11) is 0. The Balaban J connectivity index is 1.18. The summed E-state index contributed by atoms with van der Waals surface area (Å²) in [6.07, 6.45) is 3.68. The van der Waals surface area contributed by atoms with Gasteiger partial charge in [0, 0.05) is 39.9 Å². The topological polar surface area (TPSA) is 77.6 Å². The number of rotatable bonds is 6. The highest BCUT2D eigenvalue weighted by molar-refractivity contribution is 6.11. The van der Waals surface area contributed by atoms with E-state index in [4.69, 9.17) is 19.4 Å². The third-order valence-corrected chi connectivity index (χ3v) is 8.66. The fourth-order valence-electron chi connectivity index (χ4n) is 6.17. The summed E-state index contributed by atoms with van der Waals surface area (Å²) in [5.74, 6) is 1.76. The molecular weight excluding hydrogens is 603 g/mol. The summed E-state index contributed by atoms with van der Waals surface area (Å²) in [6, 6.07) is 51.0. The number of fused-ring (bicyclic) bond motifs is 3. The Kier molecular flexibility index (Phi) is 7.02. The zero-order valence-electron chi connectivity index (χ0n) is 26.2. The van der Waals surface area contributed by atoms with Crippen LogP contribution in [-0.4, -0.2) is 24.9 Å². The molecule has 0 aliphatic heterocycles. The monoisotopic (exact) mass is 629 g/mol. The molecule has 0 N–H and O–H groups in total. The van der Waals surface area contributed by atoms with E-state index >= 15 is 0 Å². The molecule has 0 radical (unpaired) electrons. The van der Waals surface area contributed by atoms with Crippen LogP contribution >= 0.6 is 0 Å². The first kappa shape index (κ1) is 28.4. The molecule has 4 aromatic heterocycles. The number of para-hydroxylation sites is 1. The molecule has 4 heterocycles. The van der Waals surface area contributed by atoms with Crippen molar-refractivity contribution in [2.75, 3.05) is 0 Å². The number of hydrogen-bond acceptors (Lipinski definition) is 6. The fraction of sp³-hybridized carbons (Fsp3) is 0. The van der Waals surface area contributed by atoms with Crippen LogP contribution in [0.3, 0.4) is 0 Å². The number of pyridine rings is 2. The first-order valence-corrected chi connectivity index (χ1v) is 16.1. The lowest BCUT2D eigenvalue weighted by Gasteiger charge is -2.11. The van der Waals surface area contributed by atoms with Crippen LogP contribution in [0, 0.1) is 0 Å². The molecule has 9 aromatic rings. The number of nitrogens with zero attached hydrogens (tertiary/aromatic N) is 5. The molecule has 0 aliphatic rings. The molecule has 0 spiro atoms. The van der Waals surface area contributed by atoms with Gasteiger partial charge in [0.05, 0.1) is 17.0 Å². The van der Waals surface area contributed by atoms with Crippen LogP contribution in [0.5, 0.6) is 0 Å². The largest absolute Gasteiger partial charge is 0.455 e. The summed E-state index contributed by atoms with van der Waals surface area (Å²) in [5, 5.41) is 2.04. The molecule has 49 heavy (non-hydrogen) atoms. The average molecular weight is 630 g/mol. The lowest BCUT2D eigenvalue weighted by Crippen LogP contribution is -2.00. The van der Waals surface area contributed by atoms with Crippen LogP contribution in [0.25, 0.3) is 89.7 Å². The van der Waals surface area contributed by atoms with Gasteiger partial charge in [-0.05, 0) is 53.1 Å². The minimum Gasteiger partial charge on any atom is -0.455 e. The van der Waals surface area contributed by atoms with Gasteiger partial charge in [-0.1, -0.05) is 115 Å². The van der Waals surface area contributed by atoms with Crippen LogP contribution in [0.1, 0.15) is 0 Å². The van der Waals surface area contributed by atoms with Gasteiger partial charge in [0.25, 0.3) is 0 Å². The lowest BCUT2D eigenvalue weighted by molar-refractivity contribution is 0.669. The zero-order chi connectivity index (χ0) is 32.6. The van der Waals surface area contributed by atoms with Crippen LogP contribution < -0.4 is 0 Å². The number of hydrogen-bond donors (Lipinski definition) is 0. The second-order valence-corrected chi connectivity index (χ2v) is 11.8. The Morgan fingerprint density at radius 3 is 1.63 bits per heavy atom. The van der Waals surface area contributed by atoms with E-state index in [1.807, 2.05) is 109 Å². The van der Waals surface area contributed by atoms with Gasteiger partial charge in [-0.25, -0.2) is 15.0 Å². The van der Waals surface area contributed by atoms with Gasteiger partial charge in [0.15, 0.2) is 17.5 Å². The molecule has 6 heteroatoms. The minimum atomic E-state index is 0.550. The van der Waals surface area contributed by atoms with Crippen molar-refractivity contribution in [3.8, 4) is 67.8 Å². The van der Waals surface area contributed by atoms with Gasteiger partial charge < -0.3 is 4.42 Å². The van der Waals surface area contributed by atoms with Crippen LogP contribution in [0.2, 0.25) is 0 Å². The Morgan fingerprint density at radius 1 is 0.388 bits per heavy atom. The van der Waals surface area contributed by atoms with Crippen molar-refractivity contribution in [3.05, 3.63) is 164 Å². The van der Waals surface area contributed by atoms with Gasteiger partial charge >= 0.3 is 0 Å². The quantitative estimate of drug-likeness (QED) is 0.182. The molecule has 0 saturated carbocycles. The van der Waals surface area contributed by atoms with E-state index in [1.54, 1.807) is 6.20 Å². The van der Waals surface area contributed by atoms with E-state index < -0.39 is 0 Å². The van der Waals surface area contributed by atoms with Crippen molar-refractivity contribution >= 4 is 21.9 Å². The van der Waals surface area contributed by atoms with Crippen molar-refractivity contribution in [2.24, 2.45) is 0 Å². The SMILES string of the molecule is c1ccc(-c2nc(-c3ccccc3)nc(-c3cc(-c4ccc(-c5ccc(-c6ccccn6)nc5)cc4)cc4c3oc3ccccc34)n2)cc1. The predicted molar refractivity (Wildman–Crippen MR) is 195 cm³/mol. The highest BCUT2D eigenvalue weighted by Gasteiger charge is 2.19. The maximum absolute atomic E-state index is 6.53. The van der Waals surface area contributed by atoms with E-state index in [2.05, 4.69) is 58.5 Å². The van der Waals surface area contributed by atoms with Crippen molar-refractivity contribution in [1.82, 2.24) is 24.9 Å². The number of benzene rings is 5. The zero-order valence-corrected chi connectivity index (χ0v) is 26.2. The van der Waals surface area contributed by atoms with Gasteiger partial charge in [-0.3, -0.25) is 9.97 Å². The van der Waals surface area contributed by atoms with Crippen LogP contribution in [0.15, 0.2) is 168 Å². The van der Waals surface area contributed by atoms with Crippen molar-refractivity contribution < 1.29 is 4.42 Å². The van der Waals surface area contributed by atoms with Crippen molar-refractivity contribution in [2.45, 2.75) is 0 Å². The predicted octanol–water partition coefficient (Wildman–Crippen LogP) is 10.6. The highest BCUT2D eigenvalue weighted by Crippen LogP contribution is 2.39. The van der Waals surface area contributed by atoms with Crippen LogP contribution in [-0.2, 0) is 0 Å². The van der Waals surface area contributed by atoms with E-state index in [0.717, 1.165) is 72.3 Å². The van der Waals surface area contributed by atoms with E-state index in [9.17, 15) is 0 Å². The molecule has 0 atom stereocenters. The normalized spacial score (nSPS) is 11.3. The molecule has 9 rings (SSSR count). The van der Waals surface area contributed by atoms with E-state index in [0.29, 0.717) is 17.5 Å². The van der Waals surface area contributed by atoms with Gasteiger partial charge in [0.1, 0.15) is 11.2 Å². The molecule has 0 fully saturated rings. The van der Waals surface area contributed by atoms with E-state index in [-0.39, 0.29) is 0 Å². The fourth-order valence-corrected chi connectivity index (χ4v) is 6.17. The second kappa shape index (κ2) is 12.1. The van der Waals surface area contributed by atoms with Gasteiger partial charge in [0.2, 0.25) is 0 Å². The second-order valence-electron chi connectivity index (χ2n) is 11.8. The summed E-state index contributed by atoms with van der Waals surface area (Å²) in [5.41, 5.74) is 10.1. The van der Waals surface area contributed by atoms with Crippen molar-refractivity contribution in [1.29, 1.82) is 0 Å². The van der Waals surface area contributed by atoms with Crippen LogP contribution in [0.4, 0.5) is 0 Å². The number of furan rings is 1. The Labute approximate surface area is 282 Å². The number of aromatic nitrogens is 5. The van der Waals surface area contributed by atoms with Gasteiger partial charge in [-0.2, -0.15) is 0 Å². The molecule has 0 unspecified atom stereocenters. The summed E-state index contributed by atoms with van der Waals surface area (Å²) < 4.78 is 6.53. The molecule has 6 nitrogen and oxygen atoms in total. The third-order valence-electron chi connectivity index (χ3n) is 8.66. The van der Waals surface area contributed by atoms with E-state index in [1.165, 1.54) is 0 Å². The molecular formula is C43H27N5O. The smallest absolute Gasteiger partial charge is 0.167 e. The Hall–Kier alpha value is -6.79. The Morgan fingerprint density at radius 2 is 0.980 bits per heavy atom. The molecule has 230 valence electrons. The molecule has 0 bridgehead atoms. The Bertz CT molecular complexity index is 2510. The lowest BCUT2D eigenvalue weighted by atomic mass is 9.97. The highest BCUT2D eigenvalue weighted by atomic mass is 16.3. The molecule has 0 saturated heterocycles. The summed E-state index contributed by atoms with van der Waals surface area (Å²) >= 11 is 0. The molecule has 0 aliphatic carbocycles. The first-order chi connectivity index (χ1) is 24.3. The third kappa shape index (κ3) is 5.41. The maximum atomic E-state index is 6.53. The minimum absolute atomic E-state index is 0.550.